The number of anilines is 2. The summed E-state index contributed by atoms with van der Waals surface area (Å²) < 4.78 is 2.60. The standard InChI is InChI=1S/C63H45NS/c1-3-22-45(23-4-1)63(46-24-5-2-6-25-46)56-32-13-11-29-52(56)53-39-37-48(41-57(53)63)64(58-33-17-35-60-62(58)55-30-12-14-34-59(55)65-60)47-26-15-21-44(40-47)51-38-36-43-19-8-10-28-50(43)61(51)54-31-16-20-42-18-7-9-27-49(42)54/h1-5,7-24,26-38,40-41,53H,6,25,39H2. The summed E-state index contributed by atoms with van der Waals surface area (Å²) in [7, 11) is 0. The van der Waals surface area contributed by atoms with Crippen LogP contribution in [0.15, 0.2) is 247 Å². The molecule has 1 aromatic heterocycles. The SMILES string of the molecule is C1=CCCC(C2(c3ccccc3)C3=CC(N(c4cccc(-c5ccc6ccccc6c5-c5cccc6ccccc56)c4)c4cccc5sc6ccccc6c45)=CCC3c3ccccc32)=C1. The van der Waals surface area contributed by atoms with E-state index in [9.17, 15) is 0 Å². The first-order valence-electron chi connectivity index (χ1n) is 23.0. The van der Waals surface area contributed by atoms with Crippen molar-refractivity contribution in [2.75, 3.05) is 4.90 Å². The van der Waals surface area contributed by atoms with E-state index >= 15 is 0 Å². The van der Waals surface area contributed by atoms with E-state index in [1.54, 1.807) is 0 Å². The number of thiophene rings is 1. The lowest BCUT2D eigenvalue weighted by molar-refractivity contribution is 0.643. The Morgan fingerprint density at radius 3 is 2.17 bits per heavy atom. The maximum atomic E-state index is 2.60. The second kappa shape index (κ2) is 15.3. The van der Waals surface area contributed by atoms with Crippen LogP contribution in [-0.4, -0.2) is 0 Å². The van der Waals surface area contributed by atoms with Gasteiger partial charge in [0.2, 0.25) is 0 Å². The van der Waals surface area contributed by atoms with E-state index in [0.29, 0.717) is 0 Å². The Kier molecular flexibility index (Phi) is 8.96. The first-order valence-corrected chi connectivity index (χ1v) is 23.8. The molecule has 3 aliphatic carbocycles. The topological polar surface area (TPSA) is 3.24 Å². The van der Waals surface area contributed by atoms with Gasteiger partial charge in [-0.2, -0.15) is 0 Å². The number of rotatable bonds is 7. The van der Waals surface area contributed by atoms with Crippen molar-refractivity contribution in [1.82, 2.24) is 0 Å². The van der Waals surface area contributed by atoms with Gasteiger partial charge in [-0.1, -0.05) is 200 Å². The summed E-state index contributed by atoms with van der Waals surface area (Å²) in [4.78, 5) is 2.58. The third-order valence-electron chi connectivity index (χ3n) is 14.4. The van der Waals surface area contributed by atoms with Crippen LogP contribution in [0.4, 0.5) is 11.4 Å². The van der Waals surface area contributed by atoms with Gasteiger partial charge in [0.1, 0.15) is 0 Å². The molecule has 3 aliphatic rings. The monoisotopic (exact) mass is 847 g/mol. The van der Waals surface area contributed by atoms with Gasteiger partial charge >= 0.3 is 0 Å². The smallest absolute Gasteiger partial charge is 0.0637 e. The molecular formula is C63H45NS. The Morgan fingerprint density at radius 1 is 0.569 bits per heavy atom. The van der Waals surface area contributed by atoms with Crippen LogP contribution in [-0.2, 0) is 5.41 Å². The highest BCUT2D eigenvalue weighted by atomic mass is 32.1. The lowest BCUT2D eigenvalue weighted by Gasteiger charge is -2.40. The fraction of sp³-hybridized carbons (Fsp3) is 0.0794. The minimum atomic E-state index is -0.375. The zero-order valence-corrected chi connectivity index (χ0v) is 36.8. The largest absolute Gasteiger partial charge is 0.310 e. The van der Waals surface area contributed by atoms with E-state index in [2.05, 4.69) is 235 Å². The molecule has 0 aliphatic heterocycles. The van der Waals surface area contributed by atoms with Gasteiger partial charge < -0.3 is 4.90 Å². The fourth-order valence-corrected chi connectivity index (χ4v) is 12.8. The van der Waals surface area contributed by atoms with Crippen LogP contribution < -0.4 is 4.90 Å². The van der Waals surface area contributed by atoms with Crippen molar-refractivity contribution in [2.45, 2.75) is 30.6 Å². The molecule has 1 nitrogen and oxygen atoms in total. The molecule has 9 aromatic carbocycles. The van der Waals surface area contributed by atoms with Crippen LogP contribution >= 0.6 is 11.3 Å². The van der Waals surface area contributed by atoms with Crippen molar-refractivity contribution < 1.29 is 0 Å². The van der Waals surface area contributed by atoms with Crippen molar-refractivity contribution in [3.05, 3.63) is 264 Å². The number of nitrogens with zero attached hydrogens (tertiary/aromatic N) is 1. The van der Waals surface area contributed by atoms with Gasteiger partial charge in [0.25, 0.3) is 0 Å². The molecule has 0 saturated heterocycles. The molecule has 0 amide bonds. The maximum Gasteiger partial charge on any atom is 0.0637 e. The predicted octanol–water partition coefficient (Wildman–Crippen LogP) is 17.4. The number of hydrogen-bond acceptors (Lipinski definition) is 2. The van der Waals surface area contributed by atoms with Crippen LogP contribution in [0.1, 0.15) is 41.9 Å². The quantitative estimate of drug-likeness (QED) is 0.154. The summed E-state index contributed by atoms with van der Waals surface area (Å²) in [6.45, 7) is 0. The van der Waals surface area contributed by atoms with Gasteiger partial charge in [-0.25, -0.2) is 0 Å². The molecule has 0 bridgehead atoms. The van der Waals surface area contributed by atoms with Crippen molar-refractivity contribution in [3.63, 3.8) is 0 Å². The summed E-state index contributed by atoms with van der Waals surface area (Å²) in [6, 6.07) is 74.9. The Balaban J connectivity index is 1.07. The Morgan fingerprint density at radius 2 is 1.29 bits per heavy atom. The molecule has 0 fully saturated rings. The molecule has 65 heavy (non-hydrogen) atoms. The summed E-state index contributed by atoms with van der Waals surface area (Å²) in [6.07, 6.45) is 15.1. The van der Waals surface area contributed by atoms with Crippen LogP contribution in [0, 0.1) is 0 Å². The summed E-state index contributed by atoms with van der Waals surface area (Å²) in [5.74, 6) is 0.272. The summed E-state index contributed by atoms with van der Waals surface area (Å²) >= 11 is 1.88. The maximum absolute atomic E-state index is 2.60. The van der Waals surface area contributed by atoms with Gasteiger partial charge in [-0.05, 0) is 122 Å². The van der Waals surface area contributed by atoms with Gasteiger partial charge in [-0.3, -0.25) is 0 Å². The summed E-state index contributed by atoms with van der Waals surface area (Å²) in [5.41, 5.74) is 15.3. The van der Waals surface area contributed by atoms with Crippen LogP contribution in [0.3, 0.4) is 0 Å². The number of benzene rings is 9. The van der Waals surface area contributed by atoms with Gasteiger partial charge in [0, 0.05) is 37.5 Å². The van der Waals surface area contributed by atoms with Crippen molar-refractivity contribution >= 4 is 64.4 Å². The molecular weight excluding hydrogens is 803 g/mol. The van der Waals surface area contributed by atoms with E-state index in [4.69, 9.17) is 0 Å². The highest BCUT2D eigenvalue weighted by molar-refractivity contribution is 7.26. The van der Waals surface area contributed by atoms with Crippen LogP contribution in [0.5, 0.6) is 0 Å². The molecule has 0 spiro atoms. The number of fused-ring (bicyclic) bond motifs is 8. The van der Waals surface area contributed by atoms with Crippen LogP contribution in [0.2, 0.25) is 0 Å². The average molecular weight is 848 g/mol. The van der Waals surface area contributed by atoms with E-state index in [0.717, 1.165) is 24.9 Å². The van der Waals surface area contributed by atoms with Crippen molar-refractivity contribution in [1.29, 1.82) is 0 Å². The first kappa shape index (κ1) is 38.0. The van der Waals surface area contributed by atoms with Gasteiger partial charge in [0.15, 0.2) is 0 Å². The van der Waals surface area contributed by atoms with E-state index in [1.807, 2.05) is 11.3 Å². The Labute approximate surface area is 384 Å². The second-order valence-electron chi connectivity index (χ2n) is 17.7. The van der Waals surface area contributed by atoms with Gasteiger partial charge in [-0.15, -0.1) is 11.3 Å². The van der Waals surface area contributed by atoms with E-state index < -0.39 is 0 Å². The normalized spacial score (nSPS) is 17.8. The molecule has 13 rings (SSSR count). The molecule has 2 atom stereocenters. The number of hydrogen-bond donors (Lipinski definition) is 0. The zero-order valence-electron chi connectivity index (χ0n) is 36.0. The highest BCUT2D eigenvalue weighted by Gasteiger charge is 2.51. The van der Waals surface area contributed by atoms with E-state index in [1.165, 1.54) is 103 Å². The highest BCUT2D eigenvalue weighted by Crippen LogP contribution is 2.61. The molecule has 308 valence electrons. The molecule has 0 N–H and O–H groups in total. The predicted molar refractivity (Wildman–Crippen MR) is 277 cm³/mol. The molecule has 0 radical (unpaired) electrons. The third-order valence-corrected chi connectivity index (χ3v) is 15.5. The molecule has 10 aromatic rings. The first-order chi connectivity index (χ1) is 32.3. The molecule has 0 saturated carbocycles. The van der Waals surface area contributed by atoms with Crippen molar-refractivity contribution in [3.8, 4) is 22.3 Å². The average Bonchev–Trinajstić information content (AvgIpc) is 3.91. The molecule has 2 heteroatoms. The van der Waals surface area contributed by atoms with Crippen LogP contribution in [0.25, 0.3) is 64.0 Å². The fourth-order valence-electron chi connectivity index (χ4n) is 11.7. The summed E-state index contributed by atoms with van der Waals surface area (Å²) in [5, 5.41) is 7.60. The lowest BCUT2D eigenvalue weighted by Crippen LogP contribution is -2.32. The van der Waals surface area contributed by atoms with Gasteiger partial charge in [0.05, 0.1) is 11.1 Å². The Hall–Kier alpha value is -7.52. The zero-order chi connectivity index (χ0) is 42.9. The molecule has 2 unspecified atom stereocenters. The minimum absolute atomic E-state index is 0.272. The Bertz CT molecular complexity index is 3650. The number of allylic oxidation sites excluding steroid dienone is 7. The minimum Gasteiger partial charge on any atom is -0.310 e. The van der Waals surface area contributed by atoms with E-state index in [-0.39, 0.29) is 11.3 Å². The lowest BCUT2D eigenvalue weighted by atomic mass is 9.64. The molecule has 1 heterocycles. The van der Waals surface area contributed by atoms with Crippen molar-refractivity contribution in [2.24, 2.45) is 0 Å². The third kappa shape index (κ3) is 5.91. The second-order valence-corrected chi connectivity index (χ2v) is 18.8.